The maximum absolute atomic E-state index is 11.5. The van der Waals surface area contributed by atoms with Gasteiger partial charge in [-0.05, 0) is 26.2 Å². The van der Waals surface area contributed by atoms with E-state index >= 15 is 0 Å². The van der Waals surface area contributed by atoms with Gasteiger partial charge in [0, 0.05) is 18.4 Å². The van der Waals surface area contributed by atoms with Crippen LogP contribution in [0.25, 0.3) is 0 Å². The Labute approximate surface area is 118 Å². The van der Waals surface area contributed by atoms with Crippen molar-refractivity contribution < 1.29 is 33.3 Å². The normalized spacial score (nSPS) is 11.9. The molecule has 0 aromatic rings. The predicted octanol–water partition coefficient (Wildman–Crippen LogP) is 2.52. The third-order valence-corrected chi connectivity index (χ3v) is 2.91. The largest absolute Gasteiger partial charge is 0.462 e. The lowest BCUT2D eigenvalue weighted by molar-refractivity contribution is -0.142. The summed E-state index contributed by atoms with van der Waals surface area (Å²) >= 11 is 0. The molecule has 0 bridgehead atoms. The fraction of sp³-hybridized carbons (Fsp3) is 0.667. The van der Waals surface area contributed by atoms with Gasteiger partial charge in [-0.25, -0.2) is 10.1 Å². The summed E-state index contributed by atoms with van der Waals surface area (Å²) < 4.78 is 23.5. The van der Waals surface area contributed by atoms with Gasteiger partial charge in [0.05, 0.1) is 13.2 Å². The Kier molecular flexibility index (Phi) is 11.2. The summed E-state index contributed by atoms with van der Waals surface area (Å²) in [5.74, 6) is -0.377. The van der Waals surface area contributed by atoms with Crippen LogP contribution in [0.15, 0.2) is 12.2 Å². The Morgan fingerprint density at radius 1 is 1.15 bits per heavy atom. The maximum atomic E-state index is 11.5. The van der Waals surface area contributed by atoms with Crippen LogP contribution >= 0.6 is 8.25 Å². The van der Waals surface area contributed by atoms with Crippen LogP contribution in [0, 0.1) is 0 Å². The molecule has 0 aromatic heterocycles. The van der Waals surface area contributed by atoms with Gasteiger partial charge in [-0.3, -0.25) is 9.36 Å². The van der Waals surface area contributed by atoms with Gasteiger partial charge in [0.15, 0.2) is 0 Å². The van der Waals surface area contributed by atoms with Gasteiger partial charge in [-0.15, -0.1) is 0 Å². The van der Waals surface area contributed by atoms with Crippen LogP contribution in [-0.2, 0) is 28.1 Å². The van der Waals surface area contributed by atoms with Crippen molar-refractivity contribution >= 4 is 20.0 Å². The monoisotopic (exact) mass is 308 g/mol. The zero-order valence-corrected chi connectivity index (χ0v) is 12.6. The molecule has 1 atom stereocenters. The highest BCUT2D eigenvalue weighted by Crippen LogP contribution is 2.21. The minimum absolute atomic E-state index is 0.0717. The third-order valence-electron chi connectivity index (χ3n) is 2.33. The fourth-order valence-corrected chi connectivity index (χ4v) is 1.65. The molecule has 0 rings (SSSR count). The molecule has 0 aliphatic heterocycles. The molecule has 0 saturated heterocycles. The molecule has 0 heterocycles. The van der Waals surface area contributed by atoms with E-state index in [1.807, 2.05) is 0 Å². The van der Waals surface area contributed by atoms with E-state index in [0.29, 0.717) is 37.7 Å². The van der Waals surface area contributed by atoms with Crippen molar-refractivity contribution in [1.82, 2.24) is 0 Å². The zero-order valence-electron chi connectivity index (χ0n) is 11.6. The highest BCUT2D eigenvalue weighted by molar-refractivity contribution is 7.33. The zero-order chi connectivity index (χ0) is 15.4. The van der Waals surface area contributed by atoms with Gasteiger partial charge in [-0.2, -0.15) is 4.67 Å². The molecule has 0 radical (unpaired) electrons. The van der Waals surface area contributed by atoms with Crippen LogP contribution in [0.2, 0.25) is 0 Å². The van der Waals surface area contributed by atoms with Crippen molar-refractivity contribution in [1.29, 1.82) is 0 Å². The molecule has 0 fully saturated rings. The second-order valence-corrected chi connectivity index (χ2v) is 5.18. The van der Waals surface area contributed by atoms with Crippen molar-refractivity contribution in [3.05, 3.63) is 12.2 Å². The highest BCUT2D eigenvalue weighted by atomic mass is 31.1. The molecule has 0 aromatic carbocycles. The Balaban J connectivity index is 3.44. The van der Waals surface area contributed by atoms with Crippen LogP contribution in [0.4, 0.5) is 0 Å². The first-order valence-corrected chi connectivity index (χ1v) is 7.52. The second kappa shape index (κ2) is 11.8. The highest BCUT2D eigenvalue weighted by Gasteiger charge is 2.05. The summed E-state index contributed by atoms with van der Waals surface area (Å²) in [5, 5.41) is 7.99. The first kappa shape index (κ1) is 19.0. The topological polar surface area (TPSA) is 99.1 Å². The molecule has 8 heteroatoms. The number of ketones is 1. The number of carbonyl (C=O) groups is 2. The molecule has 116 valence electrons. The number of Topliss-reactive ketones (excluding diaryl/α,β-unsaturated/α-hetero) is 1. The lowest BCUT2D eigenvalue weighted by Crippen LogP contribution is -2.08. The van der Waals surface area contributed by atoms with Crippen LogP contribution in [0.5, 0.6) is 0 Å². The van der Waals surface area contributed by atoms with E-state index in [2.05, 4.69) is 15.8 Å². The van der Waals surface area contributed by atoms with Gasteiger partial charge < -0.3 is 9.26 Å². The van der Waals surface area contributed by atoms with Crippen LogP contribution in [-0.4, -0.2) is 30.2 Å². The number of esters is 1. The molecular formula is C12H21O7P. The van der Waals surface area contributed by atoms with Crippen LogP contribution in [0.3, 0.4) is 0 Å². The van der Waals surface area contributed by atoms with E-state index in [4.69, 9.17) is 9.99 Å². The molecule has 0 saturated carbocycles. The van der Waals surface area contributed by atoms with E-state index in [1.54, 1.807) is 6.92 Å². The Morgan fingerprint density at radius 3 is 2.40 bits per heavy atom. The first-order valence-electron chi connectivity index (χ1n) is 6.30. The van der Waals surface area contributed by atoms with E-state index in [0.717, 1.165) is 0 Å². The van der Waals surface area contributed by atoms with Crippen molar-refractivity contribution in [2.75, 3.05) is 13.2 Å². The average molecular weight is 308 g/mol. The molecule has 7 nitrogen and oxygen atoms in total. The Morgan fingerprint density at radius 2 is 1.80 bits per heavy atom. The molecule has 1 N–H and O–H groups in total. The summed E-state index contributed by atoms with van der Waals surface area (Å²) in [6.45, 7) is 5.38. The lowest BCUT2D eigenvalue weighted by Gasteiger charge is -2.04. The van der Waals surface area contributed by atoms with Gasteiger partial charge in [0.2, 0.25) is 0 Å². The predicted molar refractivity (Wildman–Crippen MR) is 72.5 cm³/mol. The average Bonchev–Trinajstić information content (AvgIpc) is 2.42. The standard InChI is InChI=1S/C12H21O7P/c1-10(2)12(14)17-8-5-7-11(13)6-3-4-9-18-20(16)19-15/h15,20H,1,3-9H2,2H3. The van der Waals surface area contributed by atoms with Crippen molar-refractivity contribution in [2.24, 2.45) is 0 Å². The number of rotatable bonds is 12. The number of unbranched alkanes of at least 4 members (excludes halogenated alkanes) is 1. The van der Waals surface area contributed by atoms with E-state index in [9.17, 15) is 14.2 Å². The lowest BCUT2D eigenvalue weighted by atomic mass is 10.1. The smallest absolute Gasteiger partial charge is 0.346 e. The van der Waals surface area contributed by atoms with Crippen molar-refractivity contribution in [3.63, 3.8) is 0 Å². The summed E-state index contributed by atoms with van der Waals surface area (Å²) in [7, 11) is -2.80. The molecule has 20 heavy (non-hydrogen) atoms. The van der Waals surface area contributed by atoms with E-state index < -0.39 is 14.2 Å². The number of hydrogen-bond acceptors (Lipinski definition) is 7. The second-order valence-electron chi connectivity index (χ2n) is 4.21. The molecule has 0 aliphatic rings. The summed E-state index contributed by atoms with van der Waals surface area (Å²) in [4.78, 5) is 22.5. The van der Waals surface area contributed by atoms with E-state index in [1.165, 1.54) is 0 Å². The summed E-state index contributed by atoms with van der Waals surface area (Å²) in [5.41, 5.74) is 0.336. The quantitative estimate of drug-likeness (QED) is 0.148. The summed E-state index contributed by atoms with van der Waals surface area (Å²) in [6.07, 6.45) is 2.38. The Hall–Kier alpha value is -1.01. The number of ether oxygens (including phenoxy) is 1. The van der Waals surface area contributed by atoms with Gasteiger partial charge in [0.1, 0.15) is 5.78 Å². The molecule has 1 unspecified atom stereocenters. The minimum Gasteiger partial charge on any atom is -0.462 e. The minimum atomic E-state index is -2.80. The molecule has 0 aliphatic carbocycles. The SMILES string of the molecule is C=C(C)C(=O)OCCCC(=O)CCCCO[PH](=O)OO. The maximum Gasteiger partial charge on any atom is 0.346 e. The van der Waals surface area contributed by atoms with Crippen LogP contribution in [0.1, 0.15) is 39.0 Å². The van der Waals surface area contributed by atoms with Gasteiger partial charge >= 0.3 is 14.2 Å². The van der Waals surface area contributed by atoms with Crippen molar-refractivity contribution in [3.8, 4) is 0 Å². The first-order chi connectivity index (χ1) is 9.47. The van der Waals surface area contributed by atoms with Crippen LogP contribution < -0.4 is 0 Å². The van der Waals surface area contributed by atoms with Gasteiger partial charge in [-0.1, -0.05) is 6.58 Å². The summed E-state index contributed by atoms with van der Waals surface area (Å²) in [6, 6.07) is 0. The fourth-order valence-electron chi connectivity index (χ4n) is 1.29. The number of hydrogen-bond donors (Lipinski definition) is 1. The molecule has 0 amide bonds. The Bertz CT molecular complexity index is 354. The van der Waals surface area contributed by atoms with Crippen molar-refractivity contribution in [2.45, 2.75) is 39.0 Å². The van der Waals surface area contributed by atoms with Gasteiger partial charge in [0.25, 0.3) is 0 Å². The molecule has 0 spiro atoms. The third kappa shape index (κ3) is 10.9. The van der Waals surface area contributed by atoms with E-state index in [-0.39, 0.29) is 19.0 Å². The number of carbonyl (C=O) groups excluding carboxylic acids is 2. The molecular weight excluding hydrogens is 287 g/mol.